The molecule has 0 amide bonds. The van der Waals surface area contributed by atoms with E-state index in [2.05, 4.69) is 25.6 Å². The number of aliphatic carboxylic acids is 1. The number of aromatic nitrogens is 4. The Morgan fingerprint density at radius 3 is 2.35 bits per heavy atom. The smallest absolute Gasteiger partial charge is 0.475 e. The summed E-state index contributed by atoms with van der Waals surface area (Å²) in [6.07, 6.45) is 2.18. The predicted molar refractivity (Wildman–Crippen MR) is 105 cm³/mol. The highest BCUT2D eigenvalue weighted by Crippen LogP contribution is 2.25. The van der Waals surface area contributed by atoms with Gasteiger partial charge in [0.1, 0.15) is 11.6 Å². The first-order chi connectivity index (χ1) is 14.6. The summed E-state index contributed by atoms with van der Waals surface area (Å²) in [7, 11) is 0. The molecule has 1 aromatic carbocycles. The molecule has 10 heteroatoms. The average Bonchev–Trinajstić information content (AvgIpc) is 3.12. The quantitative estimate of drug-likeness (QED) is 0.478. The van der Waals surface area contributed by atoms with E-state index in [9.17, 15) is 17.6 Å². The van der Waals surface area contributed by atoms with Gasteiger partial charge in [0.15, 0.2) is 0 Å². The molecule has 0 unspecified atom stereocenters. The minimum absolute atomic E-state index is 0.197. The number of fused-ring (bicyclic) bond motifs is 1. The van der Waals surface area contributed by atoms with E-state index in [4.69, 9.17) is 9.90 Å². The van der Waals surface area contributed by atoms with Gasteiger partial charge in [-0.1, -0.05) is 6.07 Å². The number of nitrogens with zero attached hydrogens (tertiary/aromatic N) is 4. The molecule has 0 aliphatic rings. The van der Waals surface area contributed by atoms with Crippen LogP contribution in [0.4, 0.5) is 17.6 Å². The molecule has 0 radical (unpaired) electrons. The first-order valence-corrected chi connectivity index (χ1v) is 8.92. The molecule has 4 rings (SSSR count). The molecule has 0 aliphatic carbocycles. The number of rotatable bonds is 3. The molecule has 6 nitrogen and oxygen atoms in total. The molecule has 160 valence electrons. The number of hydrogen-bond donors (Lipinski definition) is 1. The number of alkyl halides is 3. The minimum atomic E-state index is -5.08. The van der Waals surface area contributed by atoms with Crippen molar-refractivity contribution >= 4 is 17.0 Å². The van der Waals surface area contributed by atoms with Crippen molar-refractivity contribution in [2.24, 2.45) is 0 Å². The van der Waals surface area contributed by atoms with Crippen LogP contribution in [-0.2, 0) is 11.3 Å². The number of hydrogen-bond acceptors (Lipinski definition) is 4. The highest BCUT2D eigenvalue weighted by atomic mass is 19.4. The van der Waals surface area contributed by atoms with E-state index in [1.54, 1.807) is 31.5 Å². The number of carbonyl (C=O) groups is 1. The van der Waals surface area contributed by atoms with Gasteiger partial charge in [-0.15, -0.1) is 0 Å². The molecule has 0 spiro atoms. The number of halogens is 4. The van der Waals surface area contributed by atoms with E-state index in [1.807, 2.05) is 24.5 Å². The summed E-state index contributed by atoms with van der Waals surface area (Å²) in [6.45, 7) is 2.35. The van der Waals surface area contributed by atoms with Gasteiger partial charge in [0.05, 0.1) is 17.6 Å². The standard InChI is InChI=1S/C19H15FN4.C2HF3O2/c1-13-9-14(3-4-16(13)20)15-10-18-17(23-11-15)5-8-24(18)12-19-21-6-2-7-22-19;3-2(4,5)1(6)7/h2-11H,12H2,1H3;(H,6,7). The molecule has 1 N–H and O–H groups in total. The van der Waals surface area contributed by atoms with Crippen LogP contribution >= 0.6 is 0 Å². The second-order valence-corrected chi connectivity index (χ2v) is 6.50. The number of benzene rings is 1. The lowest BCUT2D eigenvalue weighted by atomic mass is 10.0. The van der Waals surface area contributed by atoms with E-state index in [1.165, 1.54) is 6.07 Å². The second kappa shape index (κ2) is 8.90. The molecule has 0 aliphatic heterocycles. The maximum atomic E-state index is 13.5. The van der Waals surface area contributed by atoms with Crippen molar-refractivity contribution < 1.29 is 27.5 Å². The molecule has 0 bridgehead atoms. The minimum Gasteiger partial charge on any atom is -0.475 e. The lowest BCUT2D eigenvalue weighted by Crippen LogP contribution is -2.21. The first kappa shape index (κ1) is 21.9. The fourth-order valence-corrected chi connectivity index (χ4v) is 2.75. The zero-order valence-corrected chi connectivity index (χ0v) is 16.1. The SMILES string of the molecule is Cc1cc(-c2cnc3ccn(Cc4ncccn4)c3c2)ccc1F.O=C(O)C(F)(F)F. The van der Waals surface area contributed by atoms with Crippen LogP contribution in [0.3, 0.4) is 0 Å². The third-order valence-electron chi connectivity index (χ3n) is 4.28. The van der Waals surface area contributed by atoms with Gasteiger partial charge < -0.3 is 9.67 Å². The van der Waals surface area contributed by atoms with Gasteiger partial charge in [0.2, 0.25) is 0 Å². The van der Waals surface area contributed by atoms with Crippen LogP contribution < -0.4 is 0 Å². The Morgan fingerprint density at radius 2 is 1.74 bits per heavy atom. The topological polar surface area (TPSA) is 80.9 Å². The van der Waals surface area contributed by atoms with Crippen LogP contribution in [0.1, 0.15) is 11.4 Å². The maximum absolute atomic E-state index is 13.5. The molecule has 3 aromatic heterocycles. The van der Waals surface area contributed by atoms with Crippen LogP contribution in [0.5, 0.6) is 0 Å². The van der Waals surface area contributed by atoms with Gasteiger partial charge >= 0.3 is 12.1 Å². The molecule has 0 fully saturated rings. The fraction of sp³-hybridized carbons (Fsp3) is 0.143. The lowest BCUT2D eigenvalue weighted by molar-refractivity contribution is -0.192. The number of carboxylic acids is 1. The predicted octanol–water partition coefficient (Wildman–Crippen LogP) is 4.62. The number of pyridine rings is 1. The van der Waals surface area contributed by atoms with Crippen LogP contribution in [0, 0.1) is 12.7 Å². The van der Waals surface area contributed by atoms with E-state index in [0.29, 0.717) is 12.1 Å². The largest absolute Gasteiger partial charge is 0.490 e. The Bertz CT molecular complexity index is 1210. The van der Waals surface area contributed by atoms with Crippen LogP contribution in [0.2, 0.25) is 0 Å². The zero-order valence-electron chi connectivity index (χ0n) is 16.1. The monoisotopic (exact) mass is 432 g/mol. The Labute approximate surface area is 173 Å². The van der Waals surface area contributed by atoms with Crippen molar-refractivity contribution in [2.75, 3.05) is 0 Å². The van der Waals surface area contributed by atoms with Gasteiger partial charge in [-0.25, -0.2) is 19.2 Å². The molecule has 0 saturated heterocycles. The summed E-state index contributed by atoms with van der Waals surface area (Å²) < 4.78 is 47.3. The number of carboxylic acid groups (broad SMARTS) is 1. The van der Waals surface area contributed by atoms with E-state index < -0.39 is 12.1 Å². The summed E-state index contributed by atoms with van der Waals surface area (Å²) in [5.74, 6) is -2.21. The van der Waals surface area contributed by atoms with Crippen molar-refractivity contribution in [2.45, 2.75) is 19.6 Å². The normalized spacial score (nSPS) is 11.1. The van der Waals surface area contributed by atoms with Gasteiger partial charge in [0.25, 0.3) is 0 Å². The summed E-state index contributed by atoms with van der Waals surface area (Å²) in [5.41, 5.74) is 4.45. The molecule has 0 atom stereocenters. The summed E-state index contributed by atoms with van der Waals surface area (Å²) in [4.78, 5) is 21.9. The van der Waals surface area contributed by atoms with E-state index >= 15 is 0 Å². The molecule has 0 saturated carbocycles. The highest BCUT2D eigenvalue weighted by Gasteiger charge is 2.38. The van der Waals surface area contributed by atoms with E-state index in [0.717, 1.165) is 28.0 Å². The Morgan fingerprint density at radius 1 is 1.06 bits per heavy atom. The Hall–Kier alpha value is -3.82. The average molecular weight is 432 g/mol. The van der Waals surface area contributed by atoms with Crippen molar-refractivity contribution in [3.63, 3.8) is 0 Å². The van der Waals surface area contributed by atoms with Gasteiger partial charge in [0, 0.05) is 30.4 Å². The molecule has 3 heterocycles. The van der Waals surface area contributed by atoms with Crippen molar-refractivity contribution in [1.29, 1.82) is 0 Å². The van der Waals surface area contributed by atoms with Crippen LogP contribution in [0.15, 0.2) is 61.2 Å². The lowest BCUT2D eigenvalue weighted by Gasteiger charge is -2.07. The zero-order chi connectivity index (χ0) is 22.6. The molecule has 4 aromatic rings. The van der Waals surface area contributed by atoms with Crippen LogP contribution in [0.25, 0.3) is 22.2 Å². The molecule has 31 heavy (non-hydrogen) atoms. The van der Waals surface area contributed by atoms with Gasteiger partial charge in [-0.2, -0.15) is 13.2 Å². The van der Waals surface area contributed by atoms with Crippen molar-refractivity contribution in [3.8, 4) is 11.1 Å². The second-order valence-electron chi connectivity index (χ2n) is 6.50. The summed E-state index contributed by atoms with van der Waals surface area (Å²) in [5, 5.41) is 7.12. The first-order valence-electron chi connectivity index (χ1n) is 8.92. The third kappa shape index (κ3) is 5.41. The van der Waals surface area contributed by atoms with E-state index in [-0.39, 0.29) is 5.82 Å². The summed E-state index contributed by atoms with van der Waals surface area (Å²) >= 11 is 0. The van der Waals surface area contributed by atoms with Crippen molar-refractivity contribution in [1.82, 2.24) is 19.5 Å². The Balaban J connectivity index is 0.000000339. The van der Waals surface area contributed by atoms with Gasteiger partial charge in [-0.05, 0) is 48.4 Å². The summed E-state index contributed by atoms with van der Waals surface area (Å²) in [6, 6.07) is 10.9. The molecular formula is C21H16F4N4O2. The molecular weight excluding hydrogens is 416 g/mol. The Kier molecular flexibility index (Phi) is 6.28. The highest BCUT2D eigenvalue weighted by molar-refractivity contribution is 5.81. The van der Waals surface area contributed by atoms with Gasteiger partial charge in [-0.3, -0.25) is 4.98 Å². The fourth-order valence-electron chi connectivity index (χ4n) is 2.75. The number of aryl methyl sites for hydroxylation is 1. The third-order valence-corrected chi connectivity index (χ3v) is 4.28. The van der Waals surface area contributed by atoms with Crippen LogP contribution in [-0.4, -0.2) is 36.8 Å². The maximum Gasteiger partial charge on any atom is 0.490 e. The van der Waals surface area contributed by atoms with Crippen molar-refractivity contribution in [3.05, 3.63) is 78.4 Å².